The van der Waals surface area contributed by atoms with Crippen molar-refractivity contribution in [3.63, 3.8) is 0 Å². The Kier molecular flexibility index (Phi) is 6.19. The Bertz CT molecular complexity index is 690. The van der Waals surface area contributed by atoms with Crippen molar-refractivity contribution in [3.8, 4) is 0 Å². The number of halogens is 3. The number of hydrogen-bond donors (Lipinski definition) is 3. The molecule has 3 fully saturated rings. The predicted octanol–water partition coefficient (Wildman–Crippen LogP) is 1.52. The van der Waals surface area contributed by atoms with Crippen molar-refractivity contribution in [2.24, 2.45) is 11.8 Å². The number of alkyl halides is 3. The Hall–Kier alpha value is -2.08. The molecular weight excluding hydrogens is 411 g/mol. The largest absolute Gasteiger partial charge is 0.522 e. The zero-order valence-corrected chi connectivity index (χ0v) is 16.9. The summed E-state index contributed by atoms with van der Waals surface area (Å²) in [5, 5.41) is 2.75. The molecule has 2 heterocycles. The van der Waals surface area contributed by atoms with E-state index in [2.05, 4.69) is 20.9 Å². The van der Waals surface area contributed by atoms with Crippen LogP contribution in [0.5, 0.6) is 0 Å². The fraction of sp³-hybridized carbons (Fsp3) is 0.833. The van der Waals surface area contributed by atoms with E-state index in [0.717, 1.165) is 0 Å². The fourth-order valence-electron chi connectivity index (χ4n) is 3.93. The number of carbonyl (C=O) groups excluding carboxylic acids is 3. The molecule has 3 rings (SSSR count). The van der Waals surface area contributed by atoms with E-state index in [1.54, 1.807) is 20.8 Å². The Labute approximate surface area is 171 Å². The van der Waals surface area contributed by atoms with Gasteiger partial charge in [-0.25, -0.2) is 4.79 Å². The average molecular weight is 437 g/mol. The highest BCUT2D eigenvalue weighted by Gasteiger charge is 2.51. The smallest absolute Gasteiger partial charge is 0.444 e. The summed E-state index contributed by atoms with van der Waals surface area (Å²) in [7, 11) is 0. The Morgan fingerprint density at radius 2 is 1.57 bits per heavy atom. The summed E-state index contributed by atoms with van der Waals surface area (Å²) < 4.78 is 51.1. The zero-order valence-electron chi connectivity index (χ0n) is 16.9. The number of hydrazine groups is 1. The molecule has 3 N–H and O–H groups in total. The van der Waals surface area contributed by atoms with Gasteiger partial charge in [0, 0.05) is 5.92 Å². The number of rotatable bonds is 4. The third-order valence-electron chi connectivity index (χ3n) is 5.33. The van der Waals surface area contributed by atoms with Gasteiger partial charge in [0.15, 0.2) is 0 Å². The van der Waals surface area contributed by atoms with Crippen LogP contribution < -0.4 is 16.2 Å². The van der Waals surface area contributed by atoms with Crippen molar-refractivity contribution in [1.29, 1.82) is 0 Å². The van der Waals surface area contributed by atoms with Crippen LogP contribution in [0.15, 0.2) is 0 Å². The Morgan fingerprint density at radius 3 is 2.10 bits per heavy atom. The molecule has 2 bridgehead atoms. The van der Waals surface area contributed by atoms with E-state index in [1.165, 1.54) is 0 Å². The van der Waals surface area contributed by atoms with Gasteiger partial charge >= 0.3 is 12.5 Å². The average Bonchev–Trinajstić information content (AvgIpc) is 3.12. The van der Waals surface area contributed by atoms with E-state index in [4.69, 9.17) is 9.47 Å². The van der Waals surface area contributed by atoms with Crippen LogP contribution >= 0.6 is 0 Å². The standard InChI is InChI=1S/C18H26F3N3O6/c1-17(2,3)30-16(27)22-11-7-12-10(6-13(11)28-12)15(26)24-23-14(25)8-4-9(5-8)29-18(19,20)21/h8-13H,4-7H2,1-3H3,(H,22,27)(H,23,25)(H,24,26). The molecule has 1 saturated carbocycles. The van der Waals surface area contributed by atoms with Gasteiger partial charge in [-0.2, -0.15) is 0 Å². The first kappa shape index (κ1) is 22.6. The number of hydrogen-bond acceptors (Lipinski definition) is 6. The number of ether oxygens (including phenoxy) is 3. The Morgan fingerprint density at radius 1 is 0.933 bits per heavy atom. The highest BCUT2D eigenvalue weighted by Crippen LogP contribution is 2.39. The summed E-state index contributed by atoms with van der Waals surface area (Å²) in [5.74, 6) is -2.13. The van der Waals surface area contributed by atoms with Crippen LogP contribution in [-0.2, 0) is 23.8 Å². The van der Waals surface area contributed by atoms with Gasteiger partial charge < -0.3 is 14.8 Å². The molecule has 0 aromatic rings. The van der Waals surface area contributed by atoms with Crippen molar-refractivity contribution in [2.45, 2.75) is 82.8 Å². The molecule has 12 heteroatoms. The summed E-state index contributed by atoms with van der Waals surface area (Å²) in [6.45, 7) is 5.27. The van der Waals surface area contributed by atoms with Crippen molar-refractivity contribution < 1.29 is 41.8 Å². The molecule has 170 valence electrons. The quantitative estimate of drug-likeness (QED) is 0.575. The minimum Gasteiger partial charge on any atom is -0.444 e. The van der Waals surface area contributed by atoms with E-state index >= 15 is 0 Å². The molecule has 3 amide bonds. The molecule has 0 aromatic heterocycles. The normalized spacial score (nSPS) is 32.9. The molecule has 0 radical (unpaired) electrons. The monoisotopic (exact) mass is 437 g/mol. The molecule has 30 heavy (non-hydrogen) atoms. The lowest BCUT2D eigenvalue weighted by atomic mass is 9.82. The number of amides is 3. The maximum atomic E-state index is 12.3. The van der Waals surface area contributed by atoms with Gasteiger partial charge in [0.2, 0.25) is 11.8 Å². The van der Waals surface area contributed by atoms with E-state index in [1.807, 2.05) is 0 Å². The first-order chi connectivity index (χ1) is 13.8. The van der Waals surface area contributed by atoms with Crippen LogP contribution in [0.2, 0.25) is 0 Å². The Balaban J connectivity index is 1.36. The number of alkyl carbamates (subject to hydrolysis) is 1. The van der Waals surface area contributed by atoms with Crippen LogP contribution in [0, 0.1) is 11.8 Å². The lowest BCUT2D eigenvalue weighted by molar-refractivity contribution is -0.353. The maximum Gasteiger partial charge on any atom is 0.522 e. The second-order valence-electron chi connectivity index (χ2n) is 8.88. The molecule has 0 aromatic carbocycles. The van der Waals surface area contributed by atoms with Gasteiger partial charge in [0.25, 0.3) is 0 Å². The van der Waals surface area contributed by atoms with Gasteiger partial charge in [-0.15, -0.1) is 13.2 Å². The van der Waals surface area contributed by atoms with E-state index in [9.17, 15) is 27.6 Å². The summed E-state index contributed by atoms with van der Waals surface area (Å²) in [6.07, 6.45) is -6.35. The summed E-state index contributed by atoms with van der Waals surface area (Å²) in [6, 6.07) is -0.260. The van der Waals surface area contributed by atoms with Gasteiger partial charge in [-0.1, -0.05) is 0 Å². The highest BCUT2D eigenvalue weighted by molar-refractivity contribution is 5.85. The molecular formula is C18H26F3N3O6. The van der Waals surface area contributed by atoms with Gasteiger partial charge in [0.1, 0.15) is 5.60 Å². The molecule has 2 aliphatic heterocycles. The number of nitrogens with one attached hydrogen (secondary N) is 3. The lowest BCUT2D eigenvalue weighted by Gasteiger charge is -2.34. The molecule has 0 spiro atoms. The number of carbonyl (C=O) groups is 3. The molecule has 4 atom stereocenters. The second-order valence-corrected chi connectivity index (χ2v) is 8.88. The van der Waals surface area contributed by atoms with Gasteiger partial charge in [-0.05, 0) is 46.5 Å². The highest BCUT2D eigenvalue weighted by atomic mass is 19.4. The summed E-state index contributed by atoms with van der Waals surface area (Å²) >= 11 is 0. The van der Waals surface area contributed by atoms with E-state index in [0.29, 0.717) is 12.8 Å². The minimum absolute atomic E-state index is 0.0591. The molecule has 9 nitrogen and oxygen atoms in total. The van der Waals surface area contributed by atoms with Crippen LogP contribution in [0.25, 0.3) is 0 Å². The third kappa shape index (κ3) is 5.75. The van der Waals surface area contributed by atoms with Crippen molar-refractivity contribution >= 4 is 17.9 Å². The van der Waals surface area contributed by atoms with Gasteiger partial charge in [-0.3, -0.25) is 25.2 Å². The predicted molar refractivity (Wildman–Crippen MR) is 94.5 cm³/mol. The van der Waals surface area contributed by atoms with E-state index in [-0.39, 0.29) is 25.0 Å². The minimum atomic E-state index is -4.72. The van der Waals surface area contributed by atoms with Crippen molar-refractivity contribution in [2.75, 3.05) is 0 Å². The topological polar surface area (TPSA) is 115 Å². The van der Waals surface area contributed by atoms with Crippen molar-refractivity contribution in [3.05, 3.63) is 0 Å². The first-order valence-corrected chi connectivity index (χ1v) is 9.80. The molecule has 2 saturated heterocycles. The molecule has 3 aliphatic rings. The SMILES string of the molecule is CC(C)(C)OC(=O)NC1CC2OC1CC2C(=O)NNC(=O)C1CC(OC(F)(F)F)C1. The van der Waals surface area contributed by atoms with Gasteiger partial charge in [0.05, 0.1) is 30.3 Å². The summed E-state index contributed by atoms with van der Waals surface area (Å²) in [5.41, 5.74) is 3.94. The van der Waals surface area contributed by atoms with Crippen LogP contribution in [0.1, 0.15) is 46.5 Å². The maximum absolute atomic E-state index is 12.3. The summed E-state index contributed by atoms with van der Waals surface area (Å²) in [4.78, 5) is 36.2. The number of fused-ring (bicyclic) bond motifs is 2. The van der Waals surface area contributed by atoms with Crippen LogP contribution in [0.3, 0.4) is 0 Å². The molecule has 1 aliphatic carbocycles. The van der Waals surface area contributed by atoms with Crippen molar-refractivity contribution in [1.82, 2.24) is 16.2 Å². The lowest BCUT2D eigenvalue weighted by Crippen LogP contribution is -2.53. The van der Waals surface area contributed by atoms with Crippen LogP contribution in [-0.4, -0.2) is 54.2 Å². The zero-order chi connectivity index (χ0) is 22.3. The second kappa shape index (κ2) is 8.22. The third-order valence-corrected chi connectivity index (χ3v) is 5.33. The molecule has 4 unspecified atom stereocenters. The van der Waals surface area contributed by atoms with E-state index < -0.39 is 53.9 Å². The first-order valence-electron chi connectivity index (χ1n) is 9.80. The van der Waals surface area contributed by atoms with Crippen LogP contribution in [0.4, 0.5) is 18.0 Å². The fourth-order valence-corrected chi connectivity index (χ4v) is 3.93.